The summed E-state index contributed by atoms with van der Waals surface area (Å²) in [5.41, 5.74) is 5.30. The number of hydrogen-bond donors (Lipinski definition) is 1. The predicted molar refractivity (Wildman–Crippen MR) is 51.6 cm³/mol. The zero-order chi connectivity index (χ0) is 9.61. The summed E-state index contributed by atoms with van der Waals surface area (Å²) in [6, 6.07) is 0. The number of alkyl halides is 1. The second kappa shape index (κ2) is 5.09. The van der Waals surface area contributed by atoms with Gasteiger partial charge in [0.15, 0.2) is 0 Å². The molecule has 12 heavy (non-hydrogen) atoms. The van der Waals surface area contributed by atoms with E-state index in [1.807, 2.05) is 6.92 Å². The van der Waals surface area contributed by atoms with Gasteiger partial charge < -0.3 is 5.73 Å². The zero-order valence-electron chi connectivity index (χ0n) is 7.72. The summed E-state index contributed by atoms with van der Waals surface area (Å²) in [5.74, 6) is 0.109. The van der Waals surface area contributed by atoms with Crippen molar-refractivity contribution in [3.05, 3.63) is 25.3 Å². The van der Waals surface area contributed by atoms with Gasteiger partial charge in [0.05, 0.1) is 6.67 Å². The van der Waals surface area contributed by atoms with Crippen molar-refractivity contribution in [1.82, 2.24) is 0 Å². The van der Waals surface area contributed by atoms with Gasteiger partial charge in [-0.3, -0.25) is 4.39 Å². The van der Waals surface area contributed by atoms with E-state index in [1.54, 1.807) is 12.2 Å². The van der Waals surface area contributed by atoms with E-state index in [1.165, 1.54) is 0 Å². The maximum Gasteiger partial charge on any atom is 0.0898 e. The van der Waals surface area contributed by atoms with Crippen molar-refractivity contribution in [2.75, 3.05) is 13.2 Å². The van der Waals surface area contributed by atoms with Crippen molar-refractivity contribution in [2.24, 2.45) is 17.1 Å². The fraction of sp³-hybridized carbons (Fsp3) is 0.600. The molecule has 0 spiro atoms. The maximum absolute atomic E-state index is 12.1. The van der Waals surface area contributed by atoms with E-state index in [0.29, 0.717) is 13.0 Å². The third kappa shape index (κ3) is 2.45. The molecule has 0 bridgehead atoms. The lowest BCUT2D eigenvalue weighted by Gasteiger charge is -2.30. The van der Waals surface area contributed by atoms with Crippen LogP contribution in [0.5, 0.6) is 0 Å². The molecule has 0 aromatic carbocycles. The Hall–Kier alpha value is -0.630. The summed E-state index contributed by atoms with van der Waals surface area (Å²) in [7, 11) is 0. The summed E-state index contributed by atoms with van der Waals surface area (Å²) < 4.78 is 12.1. The van der Waals surface area contributed by atoms with Gasteiger partial charge in [0.1, 0.15) is 0 Å². The van der Waals surface area contributed by atoms with Gasteiger partial charge in [-0.05, 0) is 18.9 Å². The minimum Gasteiger partial charge on any atom is -0.330 e. The van der Waals surface area contributed by atoms with Crippen LogP contribution in [-0.2, 0) is 0 Å². The second-order valence-electron chi connectivity index (χ2n) is 3.18. The summed E-state index contributed by atoms with van der Waals surface area (Å²) in [6.07, 6.45) is 4.05. The van der Waals surface area contributed by atoms with Crippen LogP contribution in [0.1, 0.15) is 13.3 Å². The number of nitrogens with two attached hydrogens (primary N) is 1. The third-order valence-electron chi connectivity index (χ3n) is 2.50. The lowest BCUT2D eigenvalue weighted by molar-refractivity contribution is 0.281. The fourth-order valence-electron chi connectivity index (χ4n) is 1.23. The highest BCUT2D eigenvalue weighted by molar-refractivity contribution is 5.07. The van der Waals surface area contributed by atoms with Crippen LogP contribution >= 0.6 is 0 Å². The van der Waals surface area contributed by atoms with Gasteiger partial charge in [-0.2, -0.15) is 0 Å². The van der Waals surface area contributed by atoms with Crippen molar-refractivity contribution < 1.29 is 4.39 Å². The van der Waals surface area contributed by atoms with E-state index in [9.17, 15) is 4.39 Å². The van der Waals surface area contributed by atoms with Crippen molar-refractivity contribution in [3.63, 3.8) is 0 Å². The van der Waals surface area contributed by atoms with E-state index in [2.05, 4.69) is 13.2 Å². The zero-order valence-corrected chi connectivity index (χ0v) is 7.72. The van der Waals surface area contributed by atoms with E-state index in [0.717, 1.165) is 0 Å². The largest absolute Gasteiger partial charge is 0.330 e. The van der Waals surface area contributed by atoms with Crippen LogP contribution in [0, 0.1) is 11.3 Å². The molecular weight excluding hydrogens is 153 g/mol. The Bertz CT molecular complexity index is 146. The standard InChI is InChI=1S/C10H18FN/c1-4-10(3,5-2)9(8-12)6-7-11/h4-5,9H,1-2,6-8,12H2,3H3. The highest BCUT2D eigenvalue weighted by Gasteiger charge is 2.26. The van der Waals surface area contributed by atoms with Crippen LogP contribution in [0.25, 0.3) is 0 Å². The van der Waals surface area contributed by atoms with Crippen molar-refractivity contribution in [1.29, 1.82) is 0 Å². The van der Waals surface area contributed by atoms with Crippen LogP contribution in [0.15, 0.2) is 25.3 Å². The van der Waals surface area contributed by atoms with Gasteiger partial charge in [0.2, 0.25) is 0 Å². The maximum atomic E-state index is 12.1. The highest BCUT2D eigenvalue weighted by Crippen LogP contribution is 2.31. The molecule has 0 aliphatic carbocycles. The van der Waals surface area contributed by atoms with Gasteiger partial charge in [-0.1, -0.05) is 19.1 Å². The van der Waals surface area contributed by atoms with Crippen molar-refractivity contribution >= 4 is 0 Å². The average Bonchev–Trinajstić information content (AvgIpc) is 2.13. The molecule has 0 amide bonds. The molecule has 0 rings (SSSR count). The quantitative estimate of drug-likeness (QED) is 0.610. The topological polar surface area (TPSA) is 26.0 Å². The molecule has 0 aliphatic heterocycles. The molecule has 0 aromatic heterocycles. The normalized spacial score (nSPS) is 13.9. The molecule has 0 heterocycles. The first-order valence-corrected chi connectivity index (χ1v) is 4.17. The van der Waals surface area contributed by atoms with Gasteiger partial charge in [0.25, 0.3) is 0 Å². The van der Waals surface area contributed by atoms with E-state index < -0.39 is 0 Å². The van der Waals surface area contributed by atoms with Crippen molar-refractivity contribution in [2.45, 2.75) is 13.3 Å². The van der Waals surface area contributed by atoms with E-state index in [-0.39, 0.29) is 18.0 Å². The molecule has 70 valence electrons. The fourth-order valence-corrected chi connectivity index (χ4v) is 1.23. The molecule has 0 saturated heterocycles. The summed E-state index contributed by atoms with van der Waals surface area (Å²) in [5, 5.41) is 0. The number of allylic oxidation sites excluding steroid dienone is 2. The molecule has 2 N–H and O–H groups in total. The molecule has 0 saturated carbocycles. The monoisotopic (exact) mass is 171 g/mol. The van der Waals surface area contributed by atoms with Gasteiger partial charge in [-0.25, -0.2) is 0 Å². The van der Waals surface area contributed by atoms with Crippen LogP contribution in [0.4, 0.5) is 4.39 Å². The first kappa shape index (κ1) is 11.4. The molecule has 1 nitrogen and oxygen atoms in total. The molecule has 0 fully saturated rings. The van der Waals surface area contributed by atoms with Crippen LogP contribution in [0.3, 0.4) is 0 Å². The smallest absolute Gasteiger partial charge is 0.0898 e. The Balaban J connectivity index is 4.42. The SMILES string of the molecule is C=CC(C)(C=C)C(CN)CCF. The molecule has 1 unspecified atom stereocenters. The Morgan fingerprint density at radius 1 is 1.50 bits per heavy atom. The Morgan fingerprint density at radius 3 is 2.25 bits per heavy atom. The average molecular weight is 171 g/mol. The first-order valence-electron chi connectivity index (χ1n) is 4.17. The third-order valence-corrected chi connectivity index (χ3v) is 2.50. The Kier molecular flexibility index (Phi) is 4.83. The van der Waals surface area contributed by atoms with Crippen molar-refractivity contribution in [3.8, 4) is 0 Å². The highest BCUT2D eigenvalue weighted by atomic mass is 19.1. The van der Waals surface area contributed by atoms with Gasteiger partial charge in [0, 0.05) is 5.41 Å². The molecular formula is C10H18FN. The van der Waals surface area contributed by atoms with Crippen LogP contribution in [0.2, 0.25) is 0 Å². The first-order chi connectivity index (χ1) is 5.64. The van der Waals surface area contributed by atoms with Crippen LogP contribution < -0.4 is 5.73 Å². The summed E-state index contributed by atoms with van der Waals surface area (Å²) in [4.78, 5) is 0. The minimum absolute atomic E-state index is 0.109. The second-order valence-corrected chi connectivity index (χ2v) is 3.18. The predicted octanol–water partition coefficient (Wildman–Crippen LogP) is 2.30. The van der Waals surface area contributed by atoms with E-state index in [4.69, 9.17) is 5.73 Å². The molecule has 0 radical (unpaired) electrons. The van der Waals surface area contributed by atoms with Gasteiger partial charge in [-0.15, -0.1) is 13.2 Å². The Labute approximate surface area is 74.1 Å². The Morgan fingerprint density at radius 2 is 2.00 bits per heavy atom. The van der Waals surface area contributed by atoms with Gasteiger partial charge >= 0.3 is 0 Å². The minimum atomic E-state index is -0.334. The molecule has 2 heteroatoms. The molecule has 1 atom stereocenters. The lowest BCUT2D eigenvalue weighted by atomic mass is 9.76. The van der Waals surface area contributed by atoms with Crippen LogP contribution in [-0.4, -0.2) is 13.2 Å². The summed E-state index contributed by atoms with van der Waals surface area (Å²) in [6.45, 7) is 9.52. The lowest BCUT2D eigenvalue weighted by Crippen LogP contribution is -2.30. The number of hydrogen-bond acceptors (Lipinski definition) is 1. The molecule has 0 aliphatic rings. The summed E-state index contributed by atoms with van der Waals surface area (Å²) >= 11 is 0. The number of halogens is 1. The van der Waals surface area contributed by atoms with E-state index >= 15 is 0 Å². The molecule has 0 aromatic rings. The number of rotatable bonds is 6.